The van der Waals surface area contributed by atoms with E-state index in [0.29, 0.717) is 5.02 Å². The maximum atomic E-state index is 12.0. The van der Waals surface area contributed by atoms with Gasteiger partial charge < -0.3 is 0 Å². The molecule has 1 aromatic carbocycles. The van der Waals surface area contributed by atoms with Gasteiger partial charge in [-0.05, 0) is 31.5 Å². The van der Waals surface area contributed by atoms with Crippen molar-refractivity contribution >= 4 is 29.1 Å². The molecule has 1 heterocycles. The zero-order chi connectivity index (χ0) is 10.3. The summed E-state index contributed by atoms with van der Waals surface area (Å²) < 4.78 is -0.308. The quantitative estimate of drug-likeness (QED) is 0.673. The van der Waals surface area contributed by atoms with Crippen molar-refractivity contribution in [2.24, 2.45) is 0 Å². The predicted molar refractivity (Wildman–Crippen MR) is 61.2 cm³/mol. The number of halogens is 1. The number of fused-ring (bicyclic) bond motifs is 1. The molecule has 0 radical (unpaired) electrons. The van der Waals surface area contributed by atoms with Crippen LogP contribution in [-0.4, -0.2) is 10.5 Å². The fourth-order valence-corrected chi connectivity index (χ4v) is 2.72. The molecule has 0 aliphatic carbocycles. The van der Waals surface area contributed by atoms with Crippen molar-refractivity contribution in [1.82, 2.24) is 0 Å². The Morgan fingerprint density at radius 3 is 2.86 bits per heavy atom. The summed E-state index contributed by atoms with van der Waals surface area (Å²) in [6.45, 7) is 3.92. The molecule has 1 nitrogen and oxygen atoms in total. The van der Waals surface area contributed by atoms with Crippen LogP contribution < -0.4 is 0 Å². The van der Waals surface area contributed by atoms with Gasteiger partial charge in [-0.1, -0.05) is 17.7 Å². The van der Waals surface area contributed by atoms with Gasteiger partial charge in [-0.15, -0.1) is 11.8 Å². The SMILES string of the molecule is CC1(C)SCc2ccc(Cl)cc2C1=O. The van der Waals surface area contributed by atoms with E-state index in [1.165, 1.54) is 0 Å². The smallest absolute Gasteiger partial charge is 0.178 e. The van der Waals surface area contributed by atoms with Gasteiger partial charge in [0.15, 0.2) is 5.78 Å². The zero-order valence-corrected chi connectivity index (χ0v) is 9.71. The maximum Gasteiger partial charge on any atom is 0.178 e. The van der Waals surface area contributed by atoms with Gasteiger partial charge >= 0.3 is 0 Å². The zero-order valence-electron chi connectivity index (χ0n) is 8.13. The Hall–Kier alpha value is -0.470. The fraction of sp³-hybridized carbons (Fsp3) is 0.364. The van der Waals surface area contributed by atoms with Crippen molar-refractivity contribution in [3.8, 4) is 0 Å². The number of rotatable bonds is 0. The van der Waals surface area contributed by atoms with E-state index in [2.05, 4.69) is 0 Å². The van der Waals surface area contributed by atoms with Crippen LogP contribution in [0.1, 0.15) is 29.8 Å². The van der Waals surface area contributed by atoms with Gasteiger partial charge in [-0.2, -0.15) is 0 Å². The molecule has 0 fully saturated rings. The van der Waals surface area contributed by atoms with E-state index in [1.54, 1.807) is 17.8 Å². The van der Waals surface area contributed by atoms with Crippen molar-refractivity contribution in [3.05, 3.63) is 34.3 Å². The van der Waals surface area contributed by atoms with Crippen LogP contribution >= 0.6 is 23.4 Å². The highest BCUT2D eigenvalue weighted by Crippen LogP contribution is 2.38. The van der Waals surface area contributed by atoms with E-state index in [0.717, 1.165) is 16.9 Å². The number of thioether (sulfide) groups is 1. The molecule has 1 aliphatic heterocycles. The van der Waals surface area contributed by atoms with E-state index in [4.69, 9.17) is 11.6 Å². The van der Waals surface area contributed by atoms with E-state index in [9.17, 15) is 4.79 Å². The minimum absolute atomic E-state index is 0.186. The first-order valence-electron chi connectivity index (χ1n) is 4.48. The lowest BCUT2D eigenvalue weighted by Crippen LogP contribution is -2.32. The highest BCUT2D eigenvalue weighted by molar-refractivity contribution is 8.00. The molecule has 0 bridgehead atoms. The molecule has 0 N–H and O–H groups in total. The normalized spacial score (nSPS) is 19.2. The standard InChI is InChI=1S/C11H11ClOS/c1-11(2)10(13)9-5-8(12)4-3-7(9)6-14-11/h3-5H,6H2,1-2H3. The average molecular weight is 227 g/mol. The molecule has 0 amide bonds. The summed E-state index contributed by atoms with van der Waals surface area (Å²) in [5.41, 5.74) is 1.89. The summed E-state index contributed by atoms with van der Waals surface area (Å²) in [5.74, 6) is 1.08. The maximum absolute atomic E-state index is 12.0. The molecule has 14 heavy (non-hydrogen) atoms. The largest absolute Gasteiger partial charge is 0.293 e. The first-order chi connectivity index (χ1) is 6.50. The first kappa shape index (κ1) is 10.1. The topological polar surface area (TPSA) is 17.1 Å². The molecule has 2 rings (SSSR count). The molecule has 0 spiro atoms. The van der Waals surface area contributed by atoms with Crippen LogP contribution in [0.15, 0.2) is 18.2 Å². The molecule has 0 saturated carbocycles. The Morgan fingerprint density at radius 2 is 2.14 bits per heavy atom. The van der Waals surface area contributed by atoms with E-state index in [-0.39, 0.29) is 10.5 Å². The molecule has 1 aliphatic rings. The molecular weight excluding hydrogens is 216 g/mol. The van der Waals surface area contributed by atoms with Gasteiger partial charge in [-0.3, -0.25) is 4.79 Å². The lowest BCUT2D eigenvalue weighted by atomic mass is 9.96. The number of ketones is 1. The minimum Gasteiger partial charge on any atom is -0.293 e. The molecule has 0 atom stereocenters. The molecule has 0 aromatic heterocycles. The van der Waals surface area contributed by atoms with E-state index < -0.39 is 0 Å². The monoisotopic (exact) mass is 226 g/mol. The second-order valence-corrected chi connectivity index (χ2v) is 5.96. The molecule has 0 unspecified atom stereocenters. The Kier molecular flexibility index (Phi) is 2.36. The van der Waals surface area contributed by atoms with E-state index in [1.807, 2.05) is 26.0 Å². The Morgan fingerprint density at radius 1 is 1.43 bits per heavy atom. The summed E-state index contributed by atoms with van der Waals surface area (Å²) in [4.78, 5) is 12.0. The van der Waals surface area contributed by atoms with Crippen LogP contribution in [0.25, 0.3) is 0 Å². The number of hydrogen-bond donors (Lipinski definition) is 0. The van der Waals surface area contributed by atoms with Gasteiger partial charge in [0.1, 0.15) is 0 Å². The summed E-state index contributed by atoms with van der Waals surface area (Å²) >= 11 is 7.56. The predicted octanol–water partition coefficient (Wildman–Crippen LogP) is 3.55. The van der Waals surface area contributed by atoms with Crippen molar-refractivity contribution in [1.29, 1.82) is 0 Å². The summed E-state index contributed by atoms with van der Waals surface area (Å²) in [5, 5.41) is 0.639. The van der Waals surface area contributed by atoms with Crippen molar-refractivity contribution in [3.63, 3.8) is 0 Å². The summed E-state index contributed by atoms with van der Waals surface area (Å²) in [6.07, 6.45) is 0. The molecule has 3 heteroatoms. The van der Waals surface area contributed by atoms with Crippen LogP contribution in [0.3, 0.4) is 0 Å². The molecular formula is C11H11ClOS. The van der Waals surface area contributed by atoms with E-state index >= 15 is 0 Å². The van der Waals surface area contributed by atoms with Crippen LogP contribution in [0.2, 0.25) is 5.02 Å². The third-order valence-electron chi connectivity index (χ3n) is 2.45. The highest BCUT2D eigenvalue weighted by Gasteiger charge is 2.34. The average Bonchev–Trinajstić information content (AvgIpc) is 2.13. The number of carbonyl (C=O) groups excluding carboxylic acids is 1. The second-order valence-electron chi connectivity index (χ2n) is 3.93. The van der Waals surface area contributed by atoms with Gasteiger partial charge in [-0.25, -0.2) is 0 Å². The van der Waals surface area contributed by atoms with Crippen molar-refractivity contribution < 1.29 is 4.79 Å². The second kappa shape index (κ2) is 3.28. The number of benzene rings is 1. The Bertz CT molecular complexity index is 398. The fourth-order valence-electron chi connectivity index (χ4n) is 1.53. The Balaban J connectivity index is 2.54. The first-order valence-corrected chi connectivity index (χ1v) is 5.84. The van der Waals surface area contributed by atoms with Crippen LogP contribution in [0, 0.1) is 0 Å². The molecule has 74 valence electrons. The Labute approximate surface area is 92.8 Å². The minimum atomic E-state index is -0.308. The molecule has 1 aromatic rings. The van der Waals surface area contributed by atoms with Gasteiger partial charge in [0, 0.05) is 16.3 Å². The third kappa shape index (κ3) is 1.57. The summed E-state index contributed by atoms with van der Waals surface area (Å²) in [6, 6.07) is 5.56. The van der Waals surface area contributed by atoms with Gasteiger partial charge in [0.05, 0.1) is 4.75 Å². The number of carbonyl (C=O) groups is 1. The van der Waals surface area contributed by atoms with Crippen LogP contribution in [-0.2, 0) is 5.75 Å². The molecule has 0 saturated heterocycles. The van der Waals surface area contributed by atoms with Crippen molar-refractivity contribution in [2.75, 3.05) is 0 Å². The van der Waals surface area contributed by atoms with Crippen LogP contribution in [0.4, 0.5) is 0 Å². The lowest BCUT2D eigenvalue weighted by molar-refractivity contribution is 0.0955. The van der Waals surface area contributed by atoms with Gasteiger partial charge in [0.25, 0.3) is 0 Å². The number of hydrogen-bond acceptors (Lipinski definition) is 2. The lowest BCUT2D eigenvalue weighted by Gasteiger charge is -2.29. The highest BCUT2D eigenvalue weighted by atomic mass is 35.5. The van der Waals surface area contributed by atoms with Gasteiger partial charge in [0.2, 0.25) is 0 Å². The van der Waals surface area contributed by atoms with Crippen molar-refractivity contribution in [2.45, 2.75) is 24.3 Å². The third-order valence-corrected chi connectivity index (χ3v) is 4.05. The summed E-state index contributed by atoms with van der Waals surface area (Å²) in [7, 11) is 0. The number of Topliss-reactive ketones (excluding diaryl/α,β-unsaturated/α-hetero) is 1. The van der Waals surface area contributed by atoms with Crippen LogP contribution in [0.5, 0.6) is 0 Å².